The topological polar surface area (TPSA) is 95.9 Å². The average Bonchev–Trinajstić information content (AvgIpc) is 2.54. The van der Waals surface area contributed by atoms with E-state index in [9.17, 15) is 19.5 Å². The second kappa shape index (κ2) is 7.33. The number of anilines is 1. The fraction of sp³-hybridized carbons (Fsp3) is 0.471. The third-order valence-corrected chi connectivity index (χ3v) is 4.01. The molecule has 1 unspecified atom stereocenters. The zero-order valence-corrected chi connectivity index (χ0v) is 13.9. The number of aliphatic carboxylic acids is 1. The zero-order valence-electron chi connectivity index (χ0n) is 13.9. The molecule has 0 saturated heterocycles. The molecule has 0 aliphatic carbocycles. The van der Waals surface area contributed by atoms with Gasteiger partial charge in [0.15, 0.2) is 6.61 Å². The molecule has 0 saturated carbocycles. The molecule has 1 aliphatic heterocycles. The maximum absolute atomic E-state index is 12.2. The smallest absolute Gasteiger partial charge is 0.329 e. The van der Waals surface area contributed by atoms with E-state index >= 15 is 0 Å². The van der Waals surface area contributed by atoms with Crippen LogP contribution < -0.4 is 15.0 Å². The van der Waals surface area contributed by atoms with Crippen molar-refractivity contribution >= 4 is 23.5 Å². The van der Waals surface area contributed by atoms with Crippen molar-refractivity contribution in [3.63, 3.8) is 0 Å². The first-order valence-corrected chi connectivity index (χ1v) is 7.94. The van der Waals surface area contributed by atoms with Gasteiger partial charge in [-0.25, -0.2) is 4.79 Å². The normalized spacial score (nSPS) is 15.9. The first kappa shape index (κ1) is 17.8. The van der Waals surface area contributed by atoms with Crippen LogP contribution in [0.2, 0.25) is 0 Å². The fourth-order valence-electron chi connectivity index (χ4n) is 2.71. The Bertz CT molecular complexity index is 646. The van der Waals surface area contributed by atoms with E-state index in [4.69, 9.17) is 4.74 Å². The molecule has 1 atom stereocenters. The molecule has 1 aliphatic rings. The second-order valence-electron chi connectivity index (χ2n) is 5.99. The van der Waals surface area contributed by atoms with E-state index in [1.54, 1.807) is 18.2 Å². The van der Waals surface area contributed by atoms with Crippen molar-refractivity contribution in [3.8, 4) is 5.75 Å². The Morgan fingerprint density at radius 3 is 2.75 bits per heavy atom. The number of fused-ring (bicyclic) bond motifs is 1. The summed E-state index contributed by atoms with van der Waals surface area (Å²) in [6, 6.07) is 7.11. The highest BCUT2D eigenvalue weighted by atomic mass is 16.5. The summed E-state index contributed by atoms with van der Waals surface area (Å²) in [4.78, 5) is 37.1. The Kier molecular flexibility index (Phi) is 5.43. The van der Waals surface area contributed by atoms with Crippen LogP contribution in [0.5, 0.6) is 5.75 Å². The molecule has 2 rings (SSSR count). The molecule has 2 amide bonds. The van der Waals surface area contributed by atoms with E-state index < -0.39 is 17.4 Å². The van der Waals surface area contributed by atoms with Crippen LogP contribution in [0.3, 0.4) is 0 Å². The summed E-state index contributed by atoms with van der Waals surface area (Å²) >= 11 is 0. The van der Waals surface area contributed by atoms with Gasteiger partial charge < -0.3 is 20.1 Å². The summed E-state index contributed by atoms with van der Waals surface area (Å²) in [5.74, 6) is -1.09. The fourth-order valence-corrected chi connectivity index (χ4v) is 2.71. The molecular formula is C17H22N2O5. The summed E-state index contributed by atoms with van der Waals surface area (Å²) < 4.78 is 5.35. The molecular weight excluding hydrogens is 312 g/mol. The minimum atomic E-state index is -1.29. The number of carboxylic acids is 1. The van der Waals surface area contributed by atoms with E-state index in [0.29, 0.717) is 24.3 Å². The largest absolute Gasteiger partial charge is 0.482 e. The van der Waals surface area contributed by atoms with Crippen LogP contribution in [-0.4, -0.2) is 41.6 Å². The number of benzene rings is 1. The average molecular weight is 334 g/mol. The SMILES string of the molecule is CCCC(C)(NC(=O)CCN1C(=O)COc2ccccc21)C(=O)O. The van der Waals surface area contributed by atoms with E-state index in [1.807, 2.05) is 13.0 Å². The van der Waals surface area contributed by atoms with Gasteiger partial charge in [0.05, 0.1) is 5.69 Å². The zero-order chi connectivity index (χ0) is 17.7. The molecule has 130 valence electrons. The summed E-state index contributed by atoms with van der Waals surface area (Å²) in [6.45, 7) is 3.46. The maximum atomic E-state index is 12.2. The molecule has 7 nitrogen and oxygen atoms in total. The third kappa shape index (κ3) is 3.84. The molecule has 2 N–H and O–H groups in total. The number of amides is 2. The van der Waals surface area contributed by atoms with Crippen molar-refractivity contribution in [2.24, 2.45) is 0 Å². The lowest BCUT2D eigenvalue weighted by molar-refractivity contribution is -0.147. The van der Waals surface area contributed by atoms with E-state index in [0.717, 1.165) is 0 Å². The predicted molar refractivity (Wildman–Crippen MR) is 88.0 cm³/mol. The van der Waals surface area contributed by atoms with E-state index in [2.05, 4.69) is 5.32 Å². The number of nitrogens with zero attached hydrogens (tertiary/aromatic N) is 1. The number of hydrogen-bond donors (Lipinski definition) is 2. The van der Waals surface area contributed by atoms with Crippen molar-refractivity contribution in [1.82, 2.24) is 5.32 Å². The summed E-state index contributed by atoms with van der Waals surface area (Å²) in [7, 11) is 0. The Hall–Kier alpha value is -2.57. The van der Waals surface area contributed by atoms with E-state index in [-0.39, 0.29) is 25.5 Å². The lowest BCUT2D eigenvalue weighted by Crippen LogP contribution is -2.52. The molecule has 1 heterocycles. The van der Waals surface area contributed by atoms with Gasteiger partial charge in [-0.15, -0.1) is 0 Å². The molecule has 0 fully saturated rings. The Morgan fingerprint density at radius 2 is 2.08 bits per heavy atom. The Morgan fingerprint density at radius 1 is 1.38 bits per heavy atom. The van der Waals surface area contributed by atoms with Gasteiger partial charge in [0, 0.05) is 13.0 Å². The number of rotatable bonds is 7. The van der Waals surface area contributed by atoms with Crippen molar-refractivity contribution in [3.05, 3.63) is 24.3 Å². The summed E-state index contributed by atoms with van der Waals surface area (Å²) in [5.41, 5.74) is -0.672. The number of ether oxygens (including phenoxy) is 1. The highest BCUT2D eigenvalue weighted by molar-refractivity contribution is 5.98. The lowest BCUT2D eigenvalue weighted by Gasteiger charge is -2.30. The van der Waals surface area contributed by atoms with Crippen LogP contribution >= 0.6 is 0 Å². The van der Waals surface area contributed by atoms with Crippen molar-refractivity contribution < 1.29 is 24.2 Å². The molecule has 1 aromatic carbocycles. The van der Waals surface area contributed by atoms with Crippen LogP contribution in [0.15, 0.2) is 24.3 Å². The number of hydrogen-bond acceptors (Lipinski definition) is 4. The van der Waals surface area contributed by atoms with Crippen molar-refractivity contribution in [2.75, 3.05) is 18.1 Å². The number of carbonyl (C=O) groups excluding carboxylic acids is 2. The molecule has 7 heteroatoms. The quantitative estimate of drug-likeness (QED) is 0.789. The van der Waals surface area contributed by atoms with Gasteiger partial charge in [-0.1, -0.05) is 25.5 Å². The minimum Gasteiger partial charge on any atom is -0.482 e. The first-order chi connectivity index (χ1) is 11.4. The lowest BCUT2D eigenvalue weighted by atomic mass is 9.96. The highest BCUT2D eigenvalue weighted by Gasteiger charge is 2.34. The molecule has 0 bridgehead atoms. The molecule has 24 heavy (non-hydrogen) atoms. The van der Waals surface area contributed by atoms with Gasteiger partial charge in [0.25, 0.3) is 5.91 Å². The maximum Gasteiger partial charge on any atom is 0.329 e. The van der Waals surface area contributed by atoms with Gasteiger partial charge in [-0.3, -0.25) is 9.59 Å². The minimum absolute atomic E-state index is 0.0205. The third-order valence-electron chi connectivity index (χ3n) is 4.01. The standard InChI is InChI=1S/C17H22N2O5/c1-3-9-17(2,16(22)23)18-14(20)8-10-19-12-6-4-5-7-13(12)24-11-15(19)21/h4-7H,3,8-11H2,1-2H3,(H,18,20)(H,22,23). The highest BCUT2D eigenvalue weighted by Crippen LogP contribution is 2.31. The van der Waals surface area contributed by atoms with Crippen LogP contribution in [0, 0.1) is 0 Å². The molecule has 0 radical (unpaired) electrons. The van der Waals surface area contributed by atoms with Crippen LogP contribution in [0.4, 0.5) is 5.69 Å². The van der Waals surface area contributed by atoms with Gasteiger partial charge >= 0.3 is 5.97 Å². The van der Waals surface area contributed by atoms with Gasteiger partial charge in [0.1, 0.15) is 11.3 Å². The Labute approximate surface area is 140 Å². The van der Waals surface area contributed by atoms with E-state index in [1.165, 1.54) is 11.8 Å². The van der Waals surface area contributed by atoms with Crippen LogP contribution in [0.1, 0.15) is 33.1 Å². The Balaban J connectivity index is 2.01. The molecule has 1 aromatic rings. The number of para-hydroxylation sites is 2. The molecule has 0 aromatic heterocycles. The van der Waals surface area contributed by atoms with Crippen LogP contribution in [0.25, 0.3) is 0 Å². The van der Waals surface area contributed by atoms with Crippen molar-refractivity contribution in [2.45, 2.75) is 38.6 Å². The van der Waals surface area contributed by atoms with Crippen LogP contribution in [-0.2, 0) is 14.4 Å². The van der Waals surface area contributed by atoms with Gasteiger partial charge in [-0.05, 0) is 25.5 Å². The second-order valence-corrected chi connectivity index (χ2v) is 5.99. The monoisotopic (exact) mass is 334 g/mol. The van der Waals surface area contributed by atoms with Gasteiger partial charge in [0.2, 0.25) is 5.91 Å². The first-order valence-electron chi connectivity index (χ1n) is 7.94. The number of nitrogens with one attached hydrogen (secondary N) is 1. The predicted octanol–water partition coefficient (Wildman–Crippen LogP) is 1.56. The van der Waals surface area contributed by atoms with Gasteiger partial charge in [-0.2, -0.15) is 0 Å². The van der Waals surface area contributed by atoms with Crippen molar-refractivity contribution in [1.29, 1.82) is 0 Å². The summed E-state index contributed by atoms with van der Waals surface area (Å²) in [6.07, 6.45) is 0.998. The summed E-state index contributed by atoms with van der Waals surface area (Å²) in [5, 5.41) is 11.9. The molecule has 0 spiro atoms. The number of carbonyl (C=O) groups is 3. The number of carboxylic acid groups (broad SMARTS) is 1.